The molecule has 0 atom stereocenters. The highest BCUT2D eigenvalue weighted by atomic mass is 15.2. The van der Waals surface area contributed by atoms with E-state index in [9.17, 15) is 0 Å². The minimum Gasteiger partial charge on any atom is -0.309 e. The van der Waals surface area contributed by atoms with Crippen molar-refractivity contribution in [2.24, 2.45) is 0 Å². The van der Waals surface area contributed by atoms with Gasteiger partial charge in [0.25, 0.3) is 0 Å². The van der Waals surface area contributed by atoms with E-state index in [-0.39, 0.29) is 5.41 Å². The predicted molar refractivity (Wildman–Crippen MR) is 235 cm³/mol. The Kier molecular flexibility index (Phi) is 9.55. The molecular weight excluding hydrogens is 663 g/mol. The number of benzene rings is 6. The van der Waals surface area contributed by atoms with Crippen molar-refractivity contribution < 1.29 is 0 Å². The van der Waals surface area contributed by atoms with Gasteiger partial charge in [-0.3, -0.25) is 0 Å². The SMILES string of the molecule is C=C/C=C\C=C(/c1ccccc1)N(C(/C=C\C)=C/C=C(\C)c1ccccc1)c1cccc2c1-c1ccccc1C21c2ccccc2C(C)(C)c2ccccc21. The van der Waals surface area contributed by atoms with Crippen LogP contribution >= 0.6 is 0 Å². The standard InChI is InChI=1S/C54H47N/c1-6-8-11-35-50(41-26-14-10-15-27-41)55(42(23-7-2)38-37-39(3)40-24-12-9-13-25-40)51-36-22-34-49-52(51)43-28-16-17-29-44(43)54(49)47-32-20-18-30-45(47)53(4,5)46-31-19-21-33-48(46)54/h6-38H,1H2,2-5H3/b11-8-,23-7-,39-37+,42-38+,50-35+. The lowest BCUT2D eigenvalue weighted by molar-refractivity contribution is 0.563. The third kappa shape index (κ3) is 5.88. The van der Waals surface area contributed by atoms with Gasteiger partial charge < -0.3 is 4.90 Å². The fourth-order valence-electron chi connectivity index (χ4n) is 9.00. The summed E-state index contributed by atoms with van der Waals surface area (Å²) < 4.78 is 0. The Morgan fingerprint density at radius 2 is 1.09 bits per heavy atom. The summed E-state index contributed by atoms with van der Waals surface area (Å²) in [4.78, 5) is 2.46. The van der Waals surface area contributed by atoms with Crippen molar-refractivity contribution >= 4 is 17.0 Å². The Bertz CT molecular complexity index is 2490. The van der Waals surface area contributed by atoms with Crippen LogP contribution in [0.25, 0.3) is 22.4 Å². The summed E-state index contributed by atoms with van der Waals surface area (Å²) in [7, 11) is 0. The molecule has 0 aliphatic heterocycles. The van der Waals surface area contributed by atoms with Gasteiger partial charge in [0.1, 0.15) is 0 Å². The van der Waals surface area contributed by atoms with E-state index in [1.807, 2.05) is 12.2 Å². The zero-order chi connectivity index (χ0) is 38.0. The van der Waals surface area contributed by atoms with Gasteiger partial charge in [-0.25, -0.2) is 0 Å². The van der Waals surface area contributed by atoms with Crippen molar-refractivity contribution in [1.82, 2.24) is 0 Å². The third-order valence-corrected chi connectivity index (χ3v) is 11.4. The van der Waals surface area contributed by atoms with E-state index in [1.165, 1.54) is 55.6 Å². The summed E-state index contributed by atoms with van der Waals surface area (Å²) in [6.07, 6.45) is 17.0. The fraction of sp³-hybridized carbons (Fsp3) is 0.111. The number of rotatable bonds is 9. The molecule has 0 N–H and O–H groups in total. The lowest BCUT2D eigenvalue weighted by Gasteiger charge is -2.46. The molecule has 2 aliphatic carbocycles. The lowest BCUT2D eigenvalue weighted by Crippen LogP contribution is -2.40. The molecule has 0 saturated carbocycles. The maximum absolute atomic E-state index is 3.98. The highest BCUT2D eigenvalue weighted by Crippen LogP contribution is 2.63. The van der Waals surface area contributed by atoms with Crippen molar-refractivity contribution in [3.63, 3.8) is 0 Å². The molecule has 268 valence electrons. The van der Waals surface area contributed by atoms with Gasteiger partial charge in [0, 0.05) is 16.7 Å². The molecule has 1 nitrogen and oxygen atoms in total. The Morgan fingerprint density at radius 3 is 1.71 bits per heavy atom. The second-order valence-electron chi connectivity index (χ2n) is 14.9. The number of nitrogens with zero attached hydrogens (tertiary/aromatic N) is 1. The van der Waals surface area contributed by atoms with Crippen molar-refractivity contribution in [2.45, 2.75) is 38.5 Å². The van der Waals surface area contributed by atoms with Crippen LogP contribution in [0.4, 0.5) is 5.69 Å². The highest BCUT2D eigenvalue weighted by molar-refractivity contribution is 5.99. The maximum Gasteiger partial charge on any atom is 0.0720 e. The van der Waals surface area contributed by atoms with E-state index in [0.717, 1.165) is 22.6 Å². The Hall–Kier alpha value is -6.44. The molecule has 0 unspecified atom stereocenters. The molecule has 6 aromatic carbocycles. The quantitative estimate of drug-likeness (QED) is 0.135. The van der Waals surface area contributed by atoms with Crippen LogP contribution in [0.1, 0.15) is 72.2 Å². The minimum absolute atomic E-state index is 0.161. The summed E-state index contributed by atoms with van der Waals surface area (Å²) in [6, 6.07) is 55.7. The molecule has 1 heteroatoms. The molecule has 0 aromatic heterocycles. The van der Waals surface area contributed by atoms with Crippen LogP contribution < -0.4 is 4.90 Å². The van der Waals surface area contributed by atoms with Gasteiger partial charge in [0.2, 0.25) is 0 Å². The molecule has 0 bridgehead atoms. The first-order valence-corrected chi connectivity index (χ1v) is 19.3. The number of anilines is 1. The fourth-order valence-corrected chi connectivity index (χ4v) is 9.00. The summed E-state index contributed by atoms with van der Waals surface area (Å²) in [5.41, 5.74) is 16.7. The van der Waals surface area contributed by atoms with E-state index in [4.69, 9.17) is 0 Å². The van der Waals surface area contributed by atoms with Crippen LogP contribution in [0.5, 0.6) is 0 Å². The van der Waals surface area contributed by atoms with Crippen LogP contribution in [0, 0.1) is 0 Å². The van der Waals surface area contributed by atoms with E-state index in [1.54, 1.807) is 0 Å². The number of fused-ring (bicyclic) bond motifs is 9. The van der Waals surface area contributed by atoms with Gasteiger partial charge in [-0.15, -0.1) is 0 Å². The molecule has 1 spiro atoms. The van der Waals surface area contributed by atoms with Crippen molar-refractivity contribution in [3.8, 4) is 11.1 Å². The smallest absolute Gasteiger partial charge is 0.0720 e. The molecule has 0 fully saturated rings. The van der Waals surface area contributed by atoms with Gasteiger partial charge >= 0.3 is 0 Å². The molecule has 0 radical (unpaired) electrons. The monoisotopic (exact) mass is 709 g/mol. The van der Waals surface area contributed by atoms with Crippen molar-refractivity contribution in [1.29, 1.82) is 0 Å². The van der Waals surface area contributed by atoms with E-state index >= 15 is 0 Å². The van der Waals surface area contributed by atoms with Crippen LogP contribution in [0.2, 0.25) is 0 Å². The molecule has 55 heavy (non-hydrogen) atoms. The van der Waals surface area contributed by atoms with E-state index in [0.29, 0.717) is 0 Å². The van der Waals surface area contributed by atoms with E-state index in [2.05, 4.69) is 227 Å². The normalized spacial score (nSPS) is 15.5. The first-order chi connectivity index (χ1) is 26.9. The molecule has 0 amide bonds. The summed E-state index contributed by atoms with van der Waals surface area (Å²) in [5, 5.41) is 0. The van der Waals surface area contributed by atoms with Crippen LogP contribution in [0.15, 0.2) is 213 Å². The summed E-state index contributed by atoms with van der Waals surface area (Å²) in [5.74, 6) is 0. The Labute approximate surface area is 327 Å². The average molecular weight is 710 g/mol. The average Bonchev–Trinajstić information content (AvgIpc) is 3.53. The zero-order valence-corrected chi connectivity index (χ0v) is 32.2. The minimum atomic E-state index is -0.496. The number of hydrogen-bond acceptors (Lipinski definition) is 1. The number of allylic oxidation sites excluding steroid dienone is 9. The van der Waals surface area contributed by atoms with Crippen molar-refractivity contribution in [3.05, 3.63) is 257 Å². The van der Waals surface area contributed by atoms with Crippen LogP contribution in [-0.4, -0.2) is 0 Å². The zero-order valence-electron chi connectivity index (χ0n) is 32.2. The Morgan fingerprint density at radius 1 is 0.545 bits per heavy atom. The van der Waals surface area contributed by atoms with Crippen LogP contribution in [-0.2, 0) is 10.8 Å². The third-order valence-electron chi connectivity index (χ3n) is 11.4. The first-order valence-electron chi connectivity index (χ1n) is 19.3. The summed E-state index contributed by atoms with van der Waals surface area (Å²) >= 11 is 0. The molecule has 0 saturated heterocycles. The van der Waals surface area contributed by atoms with Crippen LogP contribution in [0.3, 0.4) is 0 Å². The van der Waals surface area contributed by atoms with E-state index < -0.39 is 5.41 Å². The van der Waals surface area contributed by atoms with Gasteiger partial charge in [0.05, 0.1) is 16.8 Å². The van der Waals surface area contributed by atoms with Gasteiger partial charge in [-0.1, -0.05) is 196 Å². The highest BCUT2D eigenvalue weighted by Gasteiger charge is 2.53. The lowest BCUT2D eigenvalue weighted by atomic mass is 9.55. The molecule has 6 aromatic rings. The summed E-state index contributed by atoms with van der Waals surface area (Å²) in [6.45, 7) is 13.0. The number of hydrogen-bond donors (Lipinski definition) is 0. The van der Waals surface area contributed by atoms with Crippen molar-refractivity contribution in [2.75, 3.05) is 4.90 Å². The molecular formula is C54H47N. The van der Waals surface area contributed by atoms with Gasteiger partial charge in [0.15, 0.2) is 0 Å². The predicted octanol–water partition coefficient (Wildman–Crippen LogP) is 13.8. The first kappa shape index (κ1) is 35.6. The topological polar surface area (TPSA) is 3.24 Å². The molecule has 8 rings (SSSR count). The molecule has 2 aliphatic rings. The van der Waals surface area contributed by atoms with Gasteiger partial charge in [-0.2, -0.15) is 0 Å². The largest absolute Gasteiger partial charge is 0.309 e. The second kappa shape index (κ2) is 14.8. The Balaban J connectivity index is 1.48. The van der Waals surface area contributed by atoms with Gasteiger partial charge in [-0.05, 0) is 93.8 Å². The second-order valence-corrected chi connectivity index (χ2v) is 14.9. The maximum atomic E-state index is 3.98. The molecule has 0 heterocycles.